The van der Waals surface area contributed by atoms with E-state index in [0.29, 0.717) is 5.41 Å². The van der Waals surface area contributed by atoms with Crippen LogP contribution >= 0.6 is 0 Å². The van der Waals surface area contributed by atoms with E-state index >= 15 is 0 Å². The lowest BCUT2D eigenvalue weighted by Gasteiger charge is -2.39. The Kier molecular flexibility index (Phi) is 5.65. The van der Waals surface area contributed by atoms with Crippen LogP contribution in [0.2, 0.25) is 0 Å². The van der Waals surface area contributed by atoms with Crippen LogP contribution < -0.4 is 10.2 Å². The van der Waals surface area contributed by atoms with Crippen LogP contribution in [0.15, 0.2) is 18.2 Å². The second-order valence-electron chi connectivity index (χ2n) is 6.94. The minimum atomic E-state index is 0.510. The van der Waals surface area contributed by atoms with Crippen molar-refractivity contribution < 1.29 is 4.74 Å². The van der Waals surface area contributed by atoms with Crippen LogP contribution in [-0.4, -0.2) is 33.4 Å². The molecular weight excluding hydrogens is 260 g/mol. The topological polar surface area (TPSA) is 24.5 Å². The fourth-order valence-corrected chi connectivity index (χ4v) is 2.94. The number of rotatable bonds is 6. The largest absolute Gasteiger partial charge is 0.383 e. The summed E-state index contributed by atoms with van der Waals surface area (Å²) < 4.78 is 5.05. The molecule has 0 radical (unpaired) electrons. The number of benzene rings is 1. The normalized spacial score (nSPS) is 18.0. The van der Waals surface area contributed by atoms with E-state index in [1.165, 1.54) is 42.7 Å². The van der Waals surface area contributed by atoms with Crippen molar-refractivity contribution >= 4 is 5.69 Å². The molecule has 1 aliphatic rings. The van der Waals surface area contributed by atoms with Crippen LogP contribution in [0.4, 0.5) is 5.69 Å². The molecular formula is C18H30N2O. The van der Waals surface area contributed by atoms with Gasteiger partial charge in [0.05, 0.1) is 6.61 Å². The molecule has 0 unspecified atom stereocenters. The molecule has 1 aliphatic heterocycles. The standard InChI is InChI=1S/C18H30N2O/c1-15-13-16(14-19-9-12-21-4)5-6-17(15)20-10-7-18(2,3)8-11-20/h5-6,13,19H,7-12,14H2,1-4H3. The third-order valence-electron chi connectivity index (χ3n) is 4.53. The second kappa shape index (κ2) is 7.28. The fraction of sp³-hybridized carbons (Fsp3) is 0.667. The van der Waals surface area contributed by atoms with Crippen molar-refractivity contribution in [3.63, 3.8) is 0 Å². The lowest BCUT2D eigenvalue weighted by Crippen LogP contribution is -2.37. The van der Waals surface area contributed by atoms with Gasteiger partial charge in [-0.15, -0.1) is 0 Å². The number of nitrogens with zero attached hydrogens (tertiary/aromatic N) is 1. The zero-order chi connectivity index (χ0) is 15.3. The Morgan fingerprint density at radius 1 is 1.24 bits per heavy atom. The summed E-state index contributed by atoms with van der Waals surface area (Å²) >= 11 is 0. The van der Waals surface area contributed by atoms with Crippen molar-refractivity contribution in [1.29, 1.82) is 0 Å². The minimum Gasteiger partial charge on any atom is -0.383 e. The van der Waals surface area contributed by atoms with E-state index in [0.717, 1.165) is 19.7 Å². The molecule has 0 spiro atoms. The molecule has 1 fully saturated rings. The molecule has 3 heteroatoms. The number of anilines is 1. The number of hydrogen-bond donors (Lipinski definition) is 1. The van der Waals surface area contributed by atoms with Gasteiger partial charge in [0.25, 0.3) is 0 Å². The summed E-state index contributed by atoms with van der Waals surface area (Å²) in [5.41, 5.74) is 4.66. The molecule has 2 rings (SSSR count). The number of ether oxygens (including phenoxy) is 1. The molecule has 1 heterocycles. The van der Waals surface area contributed by atoms with Crippen molar-refractivity contribution in [3.05, 3.63) is 29.3 Å². The van der Waals surface area contributed by atoms with Gasteiger partial charge in [0, 0.05) is 39.0 Å². The molecule has 0 aromatic heterocycles. The highest BCUT2D eigenvalue weighted by molar-refractivity contribution is 5.54. The van der Waals surface area contributed by atoms with E-state index in [1.54, 1.807) is 7.11 Å². The molecule has 1 aromatic carbocycles. The average molecular weight is 290 g/mol. The summed E-state index contributed by atoms with van der Waals surface area (Å²) in [7, 11) is 1.74. The van der Waals surface area contributed by atoms with Gasteiger partial charge in [0.15, 0.2) is 0 Å². The number of piperidine rings is 1. The van der Waals surface area contributed by atoms with Gasteiger partial charge in [-0.05, 0) is 42.4 Å². The third kappa shape index (κ3) is 4.72. The van der Waals surface area contributed by atoms with Gasteiger partial charge in [0.2, 0.25) is 0 Å². The molecule has 0 aliphatic carbocycles. The summed E-state index contributed by atoms with van der Waals surface area (Å²) in [6, 6.07) is 6.86. The van der Waals surface area contributed by atoms with Gasteiger partial charge >= 0.3 is 0 Å². The van der Waals surface area contributed by atoms with Gasteiger partial charge < -0.3 is 15.0 Å². The molecule has 0 saturated carbocycles. The van der Waals surface area contributed by atoms with Crippen molar-refractivity contribution in [2.24, 2.45) is 5.41 Å². The average Bonchev–Trinajstić information content (AvgIpc) is 2.44. The molecule has 1 N–H and O–H groups in total. The molecule has 1 saturated heterocycles. The number of methoxy groups -OCH3 is 1. The van der Waals surface area contributed by atoms with E-state index in [4.69, 9.17) is 4.74 Å². The molecule has 0 amide bonds. The summed E-state index contributed by atoms with van der Waals surface area (Å²) in [6.07, 6.45) is 2.57. The lowest BCUT2D eigenvalue weighted by atomic mass is 9.82. The number of hydrogen-bond acceptors (Lipinski definition) is 3. The van der Waals surface area contributed by atoms with Crippen LogP contribution in [0.25, 0.3) is 0 Å². The first-order valence-corrected chi connectivity index (χ1v) is 8.06. The van der Waals surface area contributed by atoms with Gasteiger partial charge in [0.1, 0.15) is 0 Å². The molecule has 3 nitrogen and oxygen atoms in total. The summed E-state index contributed by atoms with van der Waals surface area (Å²) in [4.78, 5) is 2.54. The minimum absolute atomic E-state index is 0.510. The Labute approximate surface area is 129 Å². The monoisotopic (exact) mass is 290 g/mol. The molecule has 0 bridgehead atoms. The van der Waals surface area contributed by atoms with Gasteiger partial charge in [-0.2, -0.15) is 0 Å². The smallest absolute Gasteiger partial charge is 0.0587 e. The Bertz CT molecular complexity index is 447. The van der Waals surface area contributed by atoms with Crippen molar-refractivity contribution in [3.8, 4) is 0 Å². The summed E-state index contributed by atoms with van der Waals surface area (Å²) in [6.45, 7) is 11.9. The first-order valence-electron chi connectivity index (χ1n) is 8.06. The first-order chi connectivity index (χ1) is 10.0. The van der Waals surface area contributed by atoms with E-state index < -0.39 is 0 Å². The van der Waals surface area contributed by atoms with E-state index in [2.05, 4.69) is 49.2 Å². The highest BCUT2D eigenvalue weighted by Crippen LogP contribution is 2.33. The fourth-order valence-electron chi connectivity index (χ4n) is 2.94. The number of nitrogens with one attached hydrogen (secondary N) is 1. The maximum absolute atomic E-state index is 5.05. The summed E-state index contributed by atoms with van der Waals surface area (Å²) in [5.74, 6) is 0. The Balaban J connectivity index is 1.93. The van der Waals surface area contributed by atoms with Gasteiger partial charge in [-0.25, -0.2) is 0 Å². The van der Waals surface area contributed by atoms with E-state index in [1.807, 2.05) is 0 Å². The maximum Gasteiger partial charge on any atom is 0.0587 e. The van der Waals surface area contributed by atoms with E-state index in [9.17, 15) is 0 Å². The van der Waals surface area contributed by atoms with Crippen molar-refractivity contribution in [2.45, 2.75) is 40.2 Å². The predicted octanol–water partition coefficient (Wildman–Crippen LogP) is 3.36. The highest BCUT2D eigenvalue weighted by Gasteiger charge is 2.25. The Hall–Kier alpha value is -1.06. The zero-order valence-electron chi connectivity index (χ0n) is 14.0. The second-order valence-corrected chi connectivity index (χ2v) is 6.94. The molecule has 21 heavy (non-hydrogen) atoms. The van der Waals surface area contributed by atoms with Crippen LogP contribution in [0.5, 0.6) is 0 Å². The Morgan fingerprint density at radius 3 is 2.57 bits per heavy atom. The first kappa shape index (κ1) is 16.3. The quantitative estimate of drug-likeness (QED) is 0.813. The van der Waals surface area contributed by atoms with Gasteiger partial charge in [-0.1, -0.05) is 26.0 Å². The zero-order valence-corrected chi connectivity index (χ0v) is 14.0. The van der Waals surface area contributed by atoms with Gasteiger partial charge in [-0.3, -0.25) is 0 Å². The third-order valence-corrected chi connectivity index (χ3v) is 4.53. The maximum atomic E-state index is 5.05. The molecule has 0 atom stereocenters. The molecule has 1 aromatic rings. The van der Waals surface area contributed by atoms with Crippen molar-refractivity contribution in [1.82, 2.24) is 5.32 Å². The number of aryl methyl sites for hydroxylation is 1. The lowest BCUT2D eigenvalue weighted by molar-refractivity contribution is 0.199. The van der Waals surface area contributed by atoms with Crippen molar-refractivity contribution in [2.75, 3.05) is 38.3 Å². The molecule has 118 valence electrons. The highest BCUT2D eigenvalue weighted by atomic mass is 16.5. The SMILES string of the molecule is COCCNCc1ccc(N2CCC(C)(C)CC2)c(C)c1. The predicted molar refractivity (Wildman–Crippen MR) is 90.0 cm³/mol. The van der Waals surface area contributed by atoms with Crippen LogP contribution in [0, 0.1) is 12.3 Å². The van der Waals surface area contributed by atoms with Crippen LogP contribution in [0.3, 0.4) is 0 Å². The van der Waals surface area contributed by atoms with Crippen LogP contribution in [0.1, 0.15) is 37.8 Å². The summed E-state index contributed by atoms with van der Waals surface area (Å²) in [5, 5.41) is 3.40. The Morgan fingerprint density at radius 2 is 1.95 bits per heavy atom. The van der Waals surface area contributed by atoms with E-state index in [-0.39, 0.29) is 0 Å². The van der Waals surface area contributed by atoms with Crippen LogP contribution in [-0.2, 0) is 11.3 Å².